The van der Waals surface area contributed by atoms with Crippen LogP contribution >= 0.6 is 0 Å². The number of allylic oxidation sites excluding steroid dienone is 5. The van der Waals surface area contributed by atoms with Gasteiger partial charge in [-0.15, -0.1) is 0 Å². The summed E-state index contributed by atoms with van der Waals surface area (Å²) in [5.74, 6) is -0.273. The molecule has 2 aliphatic rings. The molecule has 176 valence electrons. The highest BCUT2D eigenvalue weighted by molar-refractivity contribution is 6.34. The van der Waals surface area contributed by atoms with Gasteiger partial charge in [0, 0.05) is 47.5 Å². The topological polar surface area (TPSA) is 98.2 Å². The van der Waals surface area contributed by atoms with Gasteiger partial charge < -0.3 is 16.0 Å². The minimum Gasteiger partial charge on any atom is -0.366 e. The van der Waals surface area contributed by atoms with Crippen LogP contribution in [0.1, 0.15) is 5.56 Å². The second-order valence-electron chi connectivity index (χ2n) is 7.75. The number of aliphatic imine (C=N–C) groups is 2. The molecule has 0 radical (unpaired) electrons. The van der Waals surface area contributed by atoms with E-state index < -0.39 is 0 Å². The molecule has 8 heteroatoms. The third-order valence-electron chi connectivity index (χ3n) is 5.48. The molecule has 0 aromatic heterocycles. The van der Waals surface area contributed by atoms with Crippen LogP contribution in [0.3, 0.4) is 0 Å². The first-order valence-corrected chi connectivity index (χ1v) is 11.1. The van der Waals surface area contributed by atoms with Crippen molar-refractivity contribution in [3.63, 3.8) is 0 Å². The van der Waals surface area contributed by atoms with Gasteiger partial charge in [-0.2, -0.15) is 0 Å². The van der Waals surface area contributed by atoms with Crippen molar-refractivity contribution in [1.82, 2.24) is 5.32 Å². The number of carbonyl (C=O) groups excluding carboxylic acids is 2. The molecular formula is C27H26N6O2. The number of hydrogen-bond donors (Lipinski definition) is 3. The van der Waals surface area contributed by atoms with Crippen molar-refractivity contribution in [3.05, 3.63) is 96.8 Å². The molecule has 1 aliphatic heterocycles. The molecule has 0 bridgehead atoms. The van der Waals surface area contributed by atoms with Gasteiger partial charge in [-0.3, -0.25) is 19.7 Å². The summed E-state index contributed by atoms with van der Waals surface area (Å²) in [6.45, 7) is 8.71. The Morgan fingerprint density at radius 1 is 1.17 bits per heavy atom. The van der Waals surface area contributed by atoms with Crippen LogP contribution in [0.25, 0.3) is 5.57 Å². The summed E-state index contributed by atoms with van der Waals surface area (Å²) in [5.41, 5.74) is 5.79. The summed E-state index contributed by atoms with van der Waals surface area (Å²) >= 11 is 0. The Bertz CT molecular complexity index is 1270. The third kappa shape index (κ3) is 5.62. The highest BCUT2D eigenvalue weighted by atomic mass is 16.2. The maximum Gasteiger partial charge on any atom is 0.321 e. The Kier molecular flexibility index (Phi) is 7.32. The fraction of sp³-hybridized carbons (Fsp3) is 0.111. The minimum absolute atomic E-state index is 0.0787. The first kappa shape index (κ1) is 23.4. The van der Waals surface area contributed by atoms with Crippen LogP contribution in [0.15, 0.2) is 101 Å². The van der Waals surface area contributed by atoms with E-state index in [4.69, 9.17) is 4.99 Å². The van der Waals surface area contributed by atoms with Gasteiger partial charge in [0.2, 0.25) is 5.91 Å². The van der Waals surface area contributed by atoms with Crippen LogP contribution in [-0.4, -0.2) is 44.1 Å². The van der Waals surface area contributed by atoms with Crippen LogP contribution in [-0.2, 0) is 4.79 Å². The number of carbonyl (C=O) groups is 2. The van der Waals surface area contributed by atoms with E-state index in [1.54, 1.807) is 11.1 Å². The predicted molar refractivity (Wildman–Crippen MR) is 143 cm³/mol. The first-order chi connectivity index (χ1) is 17.1. The van der Waals surface area contributed by atoms with Crippen molar-refractivity contribution >= 4 is 47.0 Å². The molecule has 1 aliphatic carbocycles. The molecular weight excluding hydrogens is 440 g/mol. The number of nitrogens with one attached hydrogen (secondary N) is 3. The zero-order chi connectivity index (χ0) is 24.6. The van der Waals surface area contributed by atoms with Gasteiger partial charge in [-0.25, -0.2) is 4.79 Å². The lowest BCUT2D eigenvalue weighted by atomic mass is 9.92. The molecule has 0 unspecified atom stereocenters. The number of hydrogen-bond acceptors (Lipinski definition) is 5. The van der Waals surface area contributed by atoms with Crippen LogP contribution in [0.4, 0.5) is 21.9 Å². The third-order valence-corrected chi connectivity index (χ3v) is 5.48. The van der Waals surface area contributed by atoms with E-state index in [1.165, 1.54) is 6.08 Å². The van der Waals surface area contributed by atoms with Crippen LogP contribution in [0.5, 0.6) is 0 Å². The molecule has 3 N–H and O–H groups in total. The van der Waals surface area contributed by atoms with E-state index >= 15 is 0 Å². The monoisotopic (exact) mass is 466 g/mol. The van der Waals surface area contributed by atoms with Crippen molar-refractivity contribution in [2.45, 2.75) is 0 Å². The summed E-state index contributed by atoms with van der Waals surface area (Å²) in [6.07, 6.45) is 8.74. The summed E-state index contributed by atoms with van der Waals surface area (Å²) in [5, 5.41) is 8.89. The van der Waals surface area contributed by atoms with E-state index in [-0.39, 0.29) is 11.9 Å². The van der Waals surface area contributed by atoms with Crippen molar-refractivity contribution in [1.29, 1.82) is 0 Å². The SMILES string of the molecule is C=CC(=O)Nc1cccc(C2=CC=C/C(=C/N=C)C2=NCNc2ccc(N3CCNC3=O)cc2)c1. The summed E-state index contributed by atoms with van der Waals surface area (Å²) in [7, 11) is 0. The minimum atomic E-state index is -0.273. The highest BCUT2D eigenvalue weighted by Gasteiger charge is 2.20. The maximum absolute atomic E-state index is 11.9. The molecule has 2 aromatic carbocycles. The molecule has 1 heterocycles. The van der Waals surface area contributed by atoms with E-state index in [0.717, 1.165) is 33.8 Å². The molecule has 4 rings (SSSR count). The zero-order valence-corrected chi connectivity index (χ0v) is 19.2. The Hall–Kier alpha value is -4.72. The van der Waals surface area contributed by atoms with Gasteiger partial charge in [0.25, 0.3) is 0 Å². The van der Waals surface area contributed by atoms with Gasteiger partial charge in [0.15, 0.2) is 0 Å². The lowest BCUT2D eigenvalue weighted by Crippen LogP contribution is -2.27. The number of anilines is 3. The molecule has 8 nitrogen and oxygen atoms in total. The first-order valence-electron chi connectivity index (χ1n) is 11.1. The molecule has 0 spiro atoms. The van der Waals surface area contributed by atoms with Crippen molar-refractivity contribution in [2.24, 2.45) is 9.98 Å². The quantitative estimate of drug-likeness (QED) is 0.398. The van der Waals surface area contributed by atoms with Gasteiger partial charge >= 0.3 is 6.03 Å². The van der Waals surface area contributed by atoms with Crippen molar-refractivity contribution in [3.8, 4) is 0 Å². The van der Waals surface area contributed by atoms with E-state index in [0.29, 0.717) is 25.4 Å². The summed E-state index contributed by atoms with van der Waals surface area (Å²) in [4.78, 5) is 34.0. The standard InChI is InChI=1S/C27H26N6O2/c1-3-25(34)32-22-8-4-6-19(16-22)24-9-5-7-20(17-28-2)26(24)31-18-30-21-10-12-23(13-11-21)33-15-14-29-27(33)35/h3-13,16-17,30H,1-2,14-15,18H2,(H,29,35)(H,32,34)/b20-17-,31-26?. The predicted octanol–water partition coefficient (Wildman–Crippen LogP) is 4.39. The number of urea groups is 1. The Morgan fingerprint density at radius 2 is 2.00 bits per heavy atom. The van der Waals surface area contributed by atoms with Gasteiger partial charge in [-0.05, 0) is 54.8 Å². The normalized spacial score (nSPS) is 17.2. The van der Waals surface area contributed by atoms with E-state index in [2.05, 4.69) is 34.2 Å². The molecule has 2 aromatic rings. The number of nitrogens with zero attached hydrogens (tertiary/aromatic N) is 3. The number of benzene rings is 2. The molecule has 0 saturated carbocycles. The Labute approximate surface area is 204 Å². The zero-order valence-electron chi connectivity index (χ0n) is 19.2. The lowest BCUT2D eigenvalue weighted by molar-refractivity contribution is -0.111. The van der Waals surface area contributed by atoms with Gasteiger partial charge in [-0.1, -0.05) is 36.9 Å². The van der Waals surface area contributed by atoms with Gasteiger partial charge in [0.1, 0.15) is 6.67 Å². The smallest absolute Gasteiger partial charge is 0.321 e. The number of amides is 3. The molecule has 1 fully saturated rings. The van der Waals surface area contributed by atoms with Crippen LogP contribution in [0.2, 0.25) is 0 Å². The Morgan fingerprint density at radius 3 is 2.71 bits per heavy atom. The largest absolute Gasteiger partial charge is 0.366 e. The van der Waals surface area contributed by atoms with Crippen molar-refractivity contribution < 1.29 is 9.59 Å². The summed E-state index contributed by atoms with van der Waals surface area (Å²) < 4.78 is 0. The molecule has 0 atom stereocenters. The number of rotatable bonds is 8. The molecule has 35 heavy (non-hydrogen) atoms. The fourth-order valence-electron chi connectivity index (χ4n) is 3.82. The van der Waals surface area contributed by atoms with E-state index in [9.17, 15) is 9.59 Å². The average molecular weight is 467 g/mol. The molecule has 3 amide bonds. The highest BCUT2D eigenvalue weighted by Crippen LogP contribution is 2.27. The summed E-state index contributed by atoms with van der Waals surface area (Å²) in [6, 6.07) is 15.1. The average Bonchev–Trinajstić information content (AvgIpc) is 3.31. The maximum atomic E-state index is 11.9. The van der Waals surface area contributed by atoms with Crippen molar-refractivity contribution in [2.75, 3.05) is 35.3 Å². The fourth-order valence-corrected chi connectivity index (χ4v) is 3.82. The van der Waals surface area contributed by atoms with Crippen LogP contribution in [0, 0.1) is 0 Å². The Balaban J connectivity index is 1.53. The second-order valence-corrected chi connectivity index (χ2v) is 7.75. The van der Waals surface area contributed by atoms with E-state index in [1.807, 2.05) is 66.8 Å². The van der Waals surface area contributed by atoms with Gasteiger partial charge in [0.05, 0.1) is 5.71 Å². The second kappa shape index (κ2) is 10.9. The molecule has 1 saturated heterocycles. The lowest BCUT2D eigenvalue weighted by Gasteiger charge is -2.17. The van der Waals surface area contributed by atoms with Crippen LogP contribution < -0.4 is 20.9 Å².